The van der Waals surface area contributed by atoms with Crippen molar-refractivity contribution in [3.8, 4) is 0 Å². The summed E-state index contributed by atoms with van der Waals surface area (Å²) in [6.45, 7) is 2.16. The van der Waals surface area contributed by atoms with Crippen molar-refractivity contribution in [2.45, 2.75) is 82.0 Å². The van der Waals surface area contributed by atoms with Gasteiger partial charge in [0.15, 0.2) is 0 Å². The van der Waals surface area contributed by atoms with Gasteiger partial charge in [-0.05, 0) is 0 Å². The Morgan fingerprint density at radius 1 is 0.600 bits per heavy atom. The van der Waals surface area contributed by atoms with Crippen molar-refractivity contribution in [3.05, 3.63) is 16.0 Å². The number of piperidine rings is 3. The second-order valence-corrected chi connectivity index (χ2v) is 6.15. The van der Waals surface area contributed by atoms with Crippen molar-refractivity contribution in [2.75, 3.05) is 13.1 Å². The van der Waals surface area contributed by atoms with Crippen LogP contribution in [0.2, 0.25) is 0 Å². The Morgan fingerprint density at radius 3 is 1.45 bits per heavy atom. The van der Waals surface area contributed by atoms with Gasteiger partial charge in [0.1, 0.15) is 0 Å². The van der Waals surface area contributed by atoms with Crippen molar-refractivity contribution < 1.29 is 18.8 Å². The van der Waals surface area contributed by atoms with Crippen LogP contribution in [0.1, 0.15) is 57.8 Å². The Labute approximate surface area is 139 Å². The van der Waals surface area contributed by atoms with Crippen molar-refractivity contribution in [3.63, 3.8) is 0 Å². The van der Waals surface area contributed by atoms with Crippen LogP contribution in [-0.4, -0.2) is 37.3 Å². The first-order valence-electron chi connectivity index (χ1n) is 8.08. The zero-order chi connectivity index (χ0) is 14.2. The Bertz CT molecular complexity index is 232. The number of hydrogen-bond acceptors (Lipinski definition) is 0. The summed E-state index contributed by atoms with van der Waals surface area (Å²) in [4.78, 5) is 0. The fourth-order valence-corrected chi connectivity index (χ4v) is 3.77. The maximum absolute atomic E-state index is 5.14. The van der Waals surface area contributed by atoms with Crippen LogP contribution in [0.15, 0.2) is 0 Å². The van der Waals surface area contributed by atoms with E-state index in [1.54, 1.807) is 18.8 Å². The molecule has 0 bridgehead atoms. The van der Waals surface area contributed by atoms with E-state index in [-0.39, 0.29) is 0 Å². The topological polar surface area (TPSA) is 42.3 Å². The molecule has 0 amide bonds. The molecular weight excluding hydrogens is 453 g/mol. The molecule has 0 radical (unpaired) electrons. The molecule has 5 heteroatoms. The first-order chi connectivity index (χ1) is 9.93. The molecule has 3 aliphatic rings. The van der Waals surface area contributed by atoms with E-state index in [0.717, 1.165) is 13.1 Å². The van der Waals surface area contributed by atoms with E-state index < -0.39 is 0 Å². The molecule has 3 fully saturated rings. The standard InChI is InChI=1S/C15H26N3.ClH.Pt/c1-3-10-16-12(6-1)14-8-5-9-15(18-14)13-7-2-4-11-17-13;;/h12-15H,1-11H2;1H;/q-3;;+1/p-1. The van der Waals surface area contributed by atoms with Crippen LogP contribution in [0.5, 0.6) is 0 Å². The predicted molar refractivity (Wildman–Crippen MR) is 82.4 cm³/mol. The molecule has 0 aromatic rings. The molecule has 3 nitrogen and oxygen atoms in total. The monoisotopic (exact) mass is 478 g/mol. The second-order valence-electron chi connectivity index (χ2n) is 6.15. The third-order valence-corrected chi connectivity index (χ3v) is 4.81. The quantitative estimate of drug-likeness (QED) is 0.546. The molecule has 0 aliphatic carbocycles. The van der Waals surface area contributed by atoms with Crippen LogP contribution >= 0.6 is 9.42 Å². The normalized spacial score (nSPS) is 38.8. The van der Waals surface area contributed by atoms with E-state index in [1.165, 1.54) is 57.8 Å². The van der Waals surface area contributed by atoms with Crippen molar-refractivity contribution in [1.29, 1.82) is 0 Å². The molecule has 3 aliphatic heterocycles. The van der Waals surface area contributed by atoms with E-state index in [9.17, 15) is 0 Å². The van der Waals surface area contributed by atoms with Gasteiger partial charge in [-0.25, -0.2) is 0 Å². The average molecular weight is 479 g/mol. The molecule has 0 spiro atoms. The van der Waals surface area contributed by atoms with E-state index in [4.69, 9.17) is 16.0 Å². The summed E-state index contributed by atoms with van der Waals surface area (Å²) in [6.07, 6.45) is 11.8. The van der Waals surface area contributed by atoms with Crippen molar-refractivity contribution in [2.24, 2.45) is 0 Å². The molecule has 4 unspecified atom stereocenters. The van der Waals surface area contributed by atoms with E-state index >= 15 is 0 Å². The molecule has 3 saturated heterocycles. The zero-order valence-electron chi connectivity index (χ0n) is 12.1. The number of rotatable bonds is 2. The summed E-state index contributed by atoms with van der Waals surface area (Å²) in [7, 11) is 4.61. The first kappa shape index (κ1) is 17.2. The van der Waals surface area contributed by atoms with Gasteiger partial charge >= 0.3 is 28.2 Å². The van der Waals surface area contributed by atoms with Gasteiger partial charge in [0.2, 0.25) is 0 Å². The molecule has 3 heterocycles. The Morgan fingerprint density at radius 2 is 1.05 bits per heavy atom. The number of halogens is 1. The van der Waals surface area contributed by atoms with Crippen LogP contribution in [0.4, 0.5) is 0 Å². The first-order valence-corrected chi connectivity index (χ1v) is 10.9. The molecule has 0 saturated carbocycles. The SMILES string of the molecule is C1CCC(C2CCCC(C3CCCC[N-]3)[N-]2)[N-]C1.[Cl][Pt]. The number of nitrogens with zero attached hydrogens (tertiary/aromatic N) is 3. The average Bonchev–Trinajstić information content (AvgIpc) is 2.58. The molecular formula is C15H26ClN3Pt-3. The predicted octanol–water partition coefficient (Wildman–Crippen LogP) is 4.82. The van der Waals surface area contributed by atoms with Gasteiger partial charge in [-0.15, -0.1) is 13.1 Å². The Kier molecular flexibility index (Phi) is 8.43. The minimum absolute atomic E-state index is 0.529. The molecule has 0 aromatic carbocycles. The molecule has 20 heavy (non-hydrogen) atoms. The third-order valence-electron chi connectivity index (χ3n) is 4.81. The summed E-state index contributed by atoms with van der Waals surface area (Å²) in [5.74, 6) is 0. The fraction of sp³-hybridized carbons (Fsp3) is 1.00. The van der Waals surface area contributed by atoms with Crippen molar-refractivity contribution in [1.82, 2.24) is 0 Å². The Hall–Kier alpha value is 0.858. The van der Waals surface area contributed by atoms with E-state index in [1.807, 2.05) is 0 Å². The molecule has 3 rings (SSSR count). The minimum atomic E-state index is 0.529. The molecule has 121 valence electrons. The summed E-state index contributed by atoms with van der Waals surface area (Å²) in [5.41, 5.74) is 0. The number of hydrogen-bond donors (Lipinski definition) is 0. The second kappa shape index (κ2) is 9.79. The maximum atomic E-state index is 5.14. The van der Waals surface area contributed by atoms with Gasteiger partial charge in [0.25, 0.3) is 0 Å². The summed E-state index contributed by atoms with van der Waals surface area (Å²) in [6, 6.07) is 2.15. The van der Waals surface area contributed by atoms with Crippen LogP contribution in [0, 0.1) is 0 Å². The van der Waals surface area contributed by atoms with Gasteiger partial charge in [-0.3, -0.25) is 0 Å². The van der Waals surface area contributed by atoms with E-state index in [0.29, 0.717) is 24.2 Å². The summed E-state index contributed by atoms with van der Waals surface area (Å²) >= 11 is 1.61. The van der Waals surface area contributed by atoms with Crippen LogP contribution in [0.3, 0.4) is 0 Å². The van der Waals surface area contributed by atoms with Gasteiger partial charge < -0.3 is 16.0 Å². The van der Waals surface area contributed by atoms with Gasteiger partial charge in [-0.2, -0.15) is 24.2 Å². The summed E-state index contributed by atoms with van der Waals surface area (Å²) < 4.78 is 0. The molecule has 4 atom stereocenters. The zero-order valence-corrected chi connectivity index (χ0v) is 15.2. The third kappa shape index (κ3) is 4.95. The van der Waals surface area contributed by atoms with Crippen molar-refractivity contribution >= 4 is 9.42 Å². The van der Waals surface area contributed by atoms with Crippen LogP contribution in [0.25, 0.3) is 16.0 Å². The Balaban J connectivity index is 0.000000704. The summed E-state index contributed by atoms with van der Waals surface area (Å²) in [5, 5.41) is 14.8. The van der Waals surface area contributed by atoms with Crippen LogP contribution < -0.4 is 0 Å². The van der Waals surface area contributed by atoms with Gasteiger partial charge in [0.05, 0.1) is 0 Å². The van der Waals surface area contributed by atoms with Gasteiger partial charge in [0, 0.05) is 0 Å². The molecule has 0 aromatic heterocycles. The fourth-order valence-electron chi connectivity index (χ4n) is 3.77. The van der Waals surface area contributed by atoms with Crippen LogP contribution in [-0.2, 0) is 18.8 Å². The van der Waals surface area contributed by atoms with E-state index in [2.05, 4.69) is 9.42 Å². The van der Waals surface area contributed by atoms with Gasteiger partial charge in [-0.1, -0.05) is 57.8 Å². The molecule has 0 N–H and O–H groups in total.